The molecule has 0 unspecified atom stereocenters. The van der Waals surface area contributed by atoms with Crippen LogP contribution in [-0.2, 0) is 4.79 Å². The fourth-order valence-corrected chi connectivity index (χ4v) is 9.47. The number of hydrogen-bond acceptors (Lipinski definition) is 3. The van der Waals surface area contributed by atoms with E-state index in [1.807, 2.05) is 0 Å². The van der Waals surface area contributed by atoms with Crippen LogP contribution < -0.4 is 0 Å². The van der Waals surface area contributed by atoms with E-state index >= 15 is 0 Å². The van der Waals surface area contributed by atoms with Crippen LogP contribution in [0.15, 0.2) is 12.2 Å². The number of carbonyl (C=O) groups excluding carboxylic acids is 1. The van der Waals surface area contributed by atoms with E-state index in [0.29, 0.717) is 35.4 Å². The number of hydrogen-bond donors (Lipinski definition) is 2. The van der Waals surface area contributed by atoms with E-state index < -0.39 is 12.2 Å². The van der Waals surface area contributed by atoms with Gasteiger partial charge in [-0.25, -0.2) is 0 Å². The average Bonchev–Trinajstić information content (AvgIpc) is 3.10. The van der Waals surface area contributed by atoms with Gasteiger partial charge in [-0.15, -0.1) is 0 Å². The van der Waals surface area contributed by atoms with Gasteiger partial charge in [0, 0.05) is 12.3 Å². The molecule has 3 fully saturated rings. The Labute approximate surface area is 196 Å². The highest BCUT2D eigenvalue weighted by atomic mass is 16.3. The monoisotopic (exact) mass is 444 g/mol. The Morgan fingerprint density at radius 1 is 1.00 bits per heavy atom. The molecule has 0 aromatic heterocycles. The Morgan fingerprint density at radius 3 is 2.34 bits per heavy atom. The van der Waals surface area contributed by atoms with Crippen LogP contribution in [0.3, 0.4) is 0 Å². The summed E-state index contributed by atoms with van der Waals surface area (Å²) in [6, 6.07) is 0. The number of carbonyl (C=O) groups is 1. The molecule has 0 amide bonds. The third kappa shape index (κ3) is 3.65. The van der Waals surface area contributed by atoms with Crippen molar-refractivity contribution in [3.05, 3.63) is 12.2 Å². The van der Waals surface area contributed by atoms with Crippen molar-refractivity contribution in [3.8, 4) is 0 Å². The molecule has 4 aliphatic rings. The zero-order valence-electron chi connectivity index (χ0n) is 21.4. The van der Waals surface area contributed by atoms with Gasteiger partial charge in [-0.1, -0.05) is 60.1 Å². The van der Waals surface area contributed by atoms with Crippen molar-refractivity contribution in [1.82, 2.24) is 0 Å². The normalized spacial score (nSPS) is 45.0. The lowest BCUT2D eigenvalue weighted by atomic mass is 9.45. The summed E-state index contributed by atoms with van der Waals surface area (Å²) in [5.41, 5.74) is 0.315. The van der Waals surface area contributed by atoms with Crippen molar-refractivity contribution < 1.29 is 15.0 Å². The van der Waals surface area contributed by atoms with Crippen LogP contribution in [0.25, 0.3) is 0 Å². The van der Waals surface area contributed by atoms with Gasteiger partial charge >= 0.3 is 0 Å². The maximum absolute atomic E-state index is 13.3. The molecule has 0 aliphatic heterocycles. The summed E-state index contributed by atoms with van der Waals surface area (Å²) in [6.45, 7) is 13.5. The third-order valence-electron chi connectivity index (χ3n) is 11.4. The van der Waals surface area contributed by atoms with E-state index in [-0.39, 0.29) is 28.6 Å². The average molecular weight is 445 g/mol. The summed E-state index contributed by atoms with van der Waals surface area (Å²) in [4.78, 5) is 13.3. The molecule has 3 nitrogen and oxygen atoms in total. The first-order chi connectivity index (χ1) is 15.1. The smallest absolute Gasteiger partial charge is 0.137 e. The Hall–Kier alpha value is -0.670. The number of aliphatic hydroxyl groups is 2. The van der Waals surface area contributed by atoms with E-state index in [1.54, 1.807) is 0 Å². The highest BCUT2D eigenvalue weighted by Gasteiger charge is 2.62. The Balaban J connectivity index is 1.55. The van der Waals surface area contributed by atoms with Gasteiger partial charge in [-0.05, 0) is 90.8 Å². The van der Waals surface area contributed by atoms with Crippen LogP contribution in [0, 0.1) is 58.2 Å². The second-order valence-electron chi connectivity index (χ2n) is 12.9. The fraction of sp³-hybridized carbons (Fsp3) is 0.897. The van der Waals surface area contributed by atoms with Gasteiger partial charge in [0.15, 0.2) is 0 Å². The maximum atomic E-state index is 13.3. The standard InChI is InChI=1S/C29H48O3/c1-7-19(17(2)3)27(32)26(31)18(4)21-11-12-22-20-16-25(30)24-10-8-9-14-28(24,5)23(20)13-15-29(21,22)6/h8-9,17-24,26-27,31-32H,7,10-16H2,1-6H3/t18-,19-,20-,21+,22-,23-,24+,26+,27+,28+,29+/m0/s1. The molecule has 2 N–H and O–H groups in total. The molecule has 4 rings (SSSR count). The van der Waals surface area contributed by atoms with Crippen LogP contribution in [-0.4, -0.2) is 28.2 Å². The second-order valence-corrected chi connectivity index (χ2v) is 12.9. The number of rotatable bonds is 6. The first kappa shape index (κ1) is 24.5. The van der Waals surface area contributed by atoms with Crippen molar-refractivity contribution >= 4 is 5.78 Å². The summed E-state index contributed by atoms with van der Waals surface area (Å²) >= 11 is 0. The van der Waals surface area contributed by atoms with Gasteiger partial charge in [-0.3, -0.25) is 4.79 Å². The molecule has 0 aromatic carbocycles. The van der Waals surface area contributed by atoms with Crippen LogP contribution in [0.2, 0.25) is 0 Å². The van der Waals surface area contributed by atoms with Crippen molar-refractivity contribution in [3.63, 3.8) is 0 Å². The molecule has 0 heterocycles. The van der Waals surface area contributed by atoms with Crippen LogP contribution in [0.5, 0.6) is 0 Å². The summed E-state index contributed by atoms with van der Waals surface area (Å²) < 4.78 is 0. The van der Waals surface area contributed by atoms with Gasteiger partial charge < -0.3 is 10.2 Å². The van der Waals surface area contributed by atoms with Crippen LogP contribution >= 0.6 is 0 Å². The maximum Gasteiger partial charge on any atom is 0.137 e. The number of aliphatic hydroxyl groups excluding tert-OH is 2. The molecule has 0 radical (unpaired) electrons. The lowest BCUT2D eigenvalue weighted by molar-refractivity contribution is -0.151. The fourth-order valence-electron chi connectivity index (χ4n) is 9.47. The Morgan fingerprint density at radius 2 is 1.69 bits per heavy atom. The molecule has 182 valence electrons. The van der Waals surface area contributed by atoms with Crippen LogP contribution in [0.4, 0.5) is 0 Å². The topological polar surface area (TPSA) is 57.5 Å². The van der Waals surface area contributed by atoms with Gasteiger partial charge in [0.25, 0.3) is 0 Å². The van der Waals surface area contributed by atoms with Gasteiger partial charge in [-0.2, -0.15) is 0 Å². The minimum absolute atomic E-state index is 0.0876. The predicted octanol–water partition coefficient (Wildman–Crippen LogP) is 6.03. The number of fused-ring (bicyclic) bond motifs is 5. The van der Waals surface area contributed by atoms with Gasteiger partial charge in [0.2, 0.25) is 0 Å². The molecule has 0 aromatic rings. The van der Waals surface area contributed by atoms with E-state index in [1.165, 1.54) is 19.3 Å². The van der Waals surface area contributed by atoms with Gasteiger partial charge in [0.1, 0.15) is 5.78 Å². The predicted molar refractivity (Wildman–Crippen MR) is 130 cm³/mol. The van der Waals surface area contributed by atoms with Crippen LogP contribution in [0.1, 0.15) is 92.9 Å². The van der Waals surface area contributed by atoms with E-state index in [0.717, 1.165) is 32.1 Å². The van der Waals surface area contributed by atoms with Crippen molar-refractivity contribution in [2.24, 2.45) is 58.2 Å². The summed E-state index contributed by atoms with van der Waals surface area (Å²) in [5.74, 6) is 3.50. The van der Waals surface area contributed by atoms with E-state index in [9.17, 15) is 15.0 Å². The Kier molecular flexibility index (Phi) is 6.75. The number of Topliss-reactive ketones (excluding diaryl/α,β-unsaturated/α-hetero) is 1. The highest BCUT2D eigenvalue weighted by molar-refractivity contribution is 5.83. The van der Waals surface area contributed by atoms with E-state index in [4.69, 9.17) is 0 Å². The minimum atomic E-state index is -0.668. The third-order valence-corrected chi connectivity index (χ3v) is 11.4. The number of ketones is 1. The van der Waals surface area contributed by atoms with Gasteiger partial charge in [0.05, 0.1) is 12.2 Å². The minimum Gasteiger partial charge on any atom is -0.390 e. The lowest BCUT2D eigenvalue weighted by Gasteiger charge is -2.59. The zero-order valence-corrected chi connectivity index (χ0v) is 21.4. The number of allylic oxidation sites excluding steroid dienone is 2. The van der Waals surface area contributed by atoms with Crippen molar-refractivity contribution in [1.29, 1.82) is 0 Å². The second kappa shape index (κ2) is 8.84. The molecule has 0 bridgehead atoms. The first-order valence-corrected chi connectivity index (χ1v) is 13.6. The first-order valence-electron chi connectivity index (χ1n) is 13.6. The Bertz CT molecular complexity index is 728. The molecule has 11 atom stereocenters. The van der Waals surface area contributed by atoms with Crippen molar-refractivity contribution in [2.75, 3.05) is 0 Å². The molecular formula is C29H48O3. The SMILES string of the molecule is CC[C@@H](C(C)C)[C@@H](O)[C@H](O)[C@@H](C)[C@H]1CC[C@H]2[C@@H]3CC(=O)[C@H]4CC=CC[C@]4(C)[C@H]3CC[C@]12C. The lowest BCUT2D eigenvalue weighted by Crippen LogP contribution is -2.56. The molecule has 32 heavy (non-hydrogen) atoms. The molecule has 3 heteroatoms. The largest absolute Gasteiger partial charge is 0.390 e. The summed E-state index contributed by atoms with van der Waals surface area (Å²) in [5, 5.41) is 22.3. The molecule has 4 aliphatic carbocycles. The quantitative estimate of drug-likeness (QED) is 0.492. The molecule has 3 saturated carbocycles. The van der Waals surface area contributed by atoms with Crippen molar-refractivity contribution in [2.45, 2.75) is 105 Å². The molecule has 0 spiro atoms. The van der Waals surface area contributed by atoms with E-state index in [2.05, 4.69) is 53.7 Å². The molecule has 0 saturated heterocycles. The summed E-state index contributed by atoms with van der Waals surface area (Å²) in [7, 11) is 0. The summed E-state index contributed by atoms with van der Waals surface area (Å²) in [6.07, 6.45) is 11.7. The highest BCUT2D eigenvalue weighted by Crippen LogP contribution is 2.67. The molecular weight excluding hydrogens is 396 g/mol. The zero-order chi connectivity index (χ0) is 23.4.